The number of carbonyl (C=O) groups is 1. The molecule has 0 aliphatic rings. The van der Waals surface area contributed by atoms with Crippen LogP contribution in [0.3, 0.4) is 0 Å². The van der Waals surface area contributed by atoms with E-state index in [9.17, 15) is 4.79 Å². The molecule has 0 aromatic carbocycles. The molecule has 0 saturated heterocycles. The minimum atomic E-state index is -1.86. The van der Waals surface area contributed by atoms with Crippen molar-refractivity contribution in [3.05, 3.63) is 0 Å². The molecule has 0 heterocycles. The van der Waals surface area contributed by atoms with Gasteiger partial charge in [0.15, 0.2) is 14.1 Å². The number of rotatable bonds is 6. The third-order valence-corrected chi connectivity index (χ3v) is 8.13. The maximum absolute atomic E-state index is 11.7. The zero-order valence-electron chi connectivity index (χ0n) is 13.0. The van der Waals surface area contributed by atoms with E-state index in [2.05, 4.69) is 45.7 Å². The van der Waals surface area contributed by atoms with Crippen molar-refractivity contribution >= 4 is 14.1 Å². The van der Waals surface area contributed by atoms with E-state index in [0.717, 1.165) is 19.3 Å². The van der Waals surface area contributed by atoms with Gasteiger partial charge in [0.25, 0.3) is 0 Å². The number of ketones is 1. The van der Waals surface area contributed by atoms with E-state index in [0.29, 0.717) is 0 Å². The highest BCUT2D eigenvalue weighted by Gasteiger charge is 2.39. The number of unbranched alkanes of at least 4 members (excludes halogenated alkanes) is 1. The zero-order chi connectivity index (χ0) is 14.4. The molecule has 0 saturated carbocycles. The van der Waals surface area contributed by atoms with E-state index in [1.54, 1.807) is 6.92 Å². The molecule has 0 aliphatic carbocycles. The van der Waals surface area contributed by atoms with Gasteiger partial charge in [-0.25, -0.2) is 0 Å². The van der Waals surface area contributed by atoms with Gasteiger partial charge in [0.1, 0.15) is 6.10 Å². The fraction of sp³-hybridized carbons (Fsp3) is 0.800. The Hall–Kier alpha value is -0.593. The average molecular weight is 268 g/mol. The Morgan fingerprint density at radius 2 is 1.89 bits per heavy atom. The van der Waals surface area contributed by atoms with Crippen LogP contribution in [0.4, 0.5) is 0 Å². The van der Waals surface area contributed by atoms with E-state index in [1.165, 1.54) is 0 Å². The van der Waals surface area contributed by atoms with Crippen LogP contribution in [0.2, 0.25) is 18.1 Å². The standard InChI is InChI=1S/C15H28O2Si/c1-8-9-10-11-12-14(13(2)16)17-18(6,7)15(3,4)5/h14H,10-12H2,1-7H3/t14-/m0/s1. The van der Waals surface area contributed by atoms with Crippen LogP contribution in [0.25, 0.3) is 0 Å². The lowest BCUT2D eigenvalue weighted by Crippen LogP contribution is -2.45. The van der Waals surface area contributed by atoms with Crippen LogP contribution in [-0.4, -0.2) is 20.2 Å². The quantitative estimate of drug-likeness (QED) is 0.411. The van der Waals surface area contributed by atoms with Crippen molar-refractivity contribution in [3.63, 3.8) is 0 Å². The highest BCUT2D eigenvalue weighted by atomic mass is 28.4. The van der Waals surface area contributed by atoms with Gasteiger partial charge in [0, 0.05) is 6.42 Å². The van der Waals surface area contributed by atoms with Gasteiger partial charge in [0.2, 0.25) is 0 Å². The van der Waals surface area contributed by atoms with Crippen molar-refractivity contribution in [3.8, 4) is 11.8 Å². The van der Waals surface area contributed by atoms with Crippen molar-refractivity contribution < 1.29 is 9.22 Å². The minimum Gasteiger partial charge on any atom is -0.407 e. The third-order valence-electron chi connectivity index (χ3n) is 3.64. The largest absolute Gasteiger partial charge is 0.407 e. The predicted molar refractivity (Wildman–Crippen MR) is 80.1 cm³/mol. The first-order valence-electron chi connectivity index (χ1n) is 6.69. The van der Waals surface area contributed by atoms with Crippen molar-refractivity contribution in [2.45, 2.75) is 78.1 Å². The van der Waals surface area contributed by atoms with Gasteiger partial charge in [-0.3, -0.25) is 4.79 Å². The molecule has 3 heteroatoms. The summed E-state index contributed by atoms with van der Waals surface area (Å²) < 4.78 is 6.19. The molecule has 0 N–H and O–H groups in total. The van der Waals surface area contributed by atoms with Gasteiger partial charge < -0.3 is 4.43 Å². The summed E-state index contributed by atoms with van der Waals surface area (Å²) in [7, 11) is -1.86. The predicted octanol–water partition coefficient (Wildman–Crippen LogP) is 4.16. The molecular weight excluding hydrogens is 240 g/mol. The van der Waals surface area contributed by atoms with E-state index < -0.39 is 8.32 Å². The highest BCUT2D eigenvalue weighted by Crippen LogP contribution is 2.37. The normalized spacial score (nSPS) is 13.7. The molecule has 18 heavy (non-hydrogen) atoms. The second-order valence-corrected chi connectivity index (χ2v) is 11.1. The second kappa shape index (κ2) is 7.11. The molecule has 0 unspecified atom stereocenters. The van der Waals surface area contributed by atoms with Crippen LogP contribution < -0.4 is 0 Å². The molecule has 0 bridgehead atoms. The van der Waals surface area contributed by atoms with Crippen LogP contribution in [0, 0.1) is 11.8 Å². The summed E-state index contributed by atoms with van der Waals surface area (Å²) in [6.45, 7) is 14.4. The van der Waals surface area contributed by atoms with Crippen molar-refractivity contribution in [2.75, 3.05) is 0 Å². The molecule has 0 aromatic rings. The van der Waals surface area contributed by atoms with Gasteiger partial charge in [-0.15, -0.1) is 11.8 Å². The number of hydrogen-bond acceptors (Lipinski definition) is 2. The Kier molecular flexibility index (Phi) is 6.87. The van der Waals surface area contributed by atoms with Crippen LogP contribution in [0.5, 0.6) is 0 Å². The van der Waals surface area contributed by atoms with Crippen molar-refractivity contribution in [1.29, 1.82) is 0 Å². The van der Waals surface area contributed by atoms with Crippen LogP contribution in [0.15, 0.2) is 0 Å². The van der Waals surface area contributed by atoms with Gasteiger partial charge >= 0.3 is 0 Å². The number of carbonyl (C=O) groups excluding carboxylic acids is 1. The lowest BCUT2D eigenvalue weighted by atomic mass is 10.1. The summed E-state index contributed by atoms with van der Waals surface area (Å²) in [4.78, 5) is 11.7. The molecule has 0 spiro atoms. The molecular formula is C15H28O2Si. The maximum atomic E-state index is 11.7. The Bertz CT molecular complexity index is 329. The molecule has 0 radical (unpaired) electrons. The monoisotopic (exact) mass is 268 g/mol. The Morgan fingerprint density at radius 3 is 2.28 bits per heavy atom. The lowest BCUT2D eigenvalue weighted by Gasteiger charge is -2.38. The van der Waals surface area contributed by atoms with Crippen molar-refractivity contribution in [2.24, 2.45) is 0 Å². The first-order valence-corrected chi connectivity index (χ1v) is 9.60. The van der Waals surface area contributed by atoms with Crippen LogP contribution in [-0.2, 0) is 9.22 Å². The van der Waals surface area contributed by atoms with Crippen LogP contribution in [0.1, 0.15) is 53.9 Å². The Balaban J connectivity index is 4.53. The van der Waals surface area contributed by atoms with Crippen LogP contribution >= 0.6 is 0 Å². The van der Waals surface area contributed by atoms with Crippen molar-refractivity contribution in [1.82, 2.24) is 0 Å². The van der Waals surface area contributed by atoms with E-state index in [1.807, 2.05) is 6.92 Å². The van der Waals surface area contributed by atoms with Gasteiger partial charge in [-0.2, -0.15) is 0 Å². The molecule has 0 fully saturated rings. The summed E-state index contributed by atoms with van der Waals surface area (Å²) >= 11 is 0. The van der Waals surface area contributed by atoms with Gasteiger partial charge in [-0.1, -0.05) is 20.8 Å². The van der Waals surface area contributed by atoms with E-state index >= 15 is 0 Å². The minimum absolute atomic E-state index is 0.143. The summed E-state index contributed by atoms with van der Waals surface area (Å²) in [6, 6.07) is 0. The summed E-state index contributed by atoms with van der Waals surface area (Å²) in [5.74, 6) is 6.05. The number of Topliss-reactive ketones (excluding diaryl/α,β-unsaturated/α-hetero) is 1. The molecule has 0 amide bonds. The summed E-state index contributed by atoms with van der Waals surface area (Å²) in [6.07, 6.45) is 2.32. The number of hydrogen-bond donors (Lipinski definition) is 0. The zero-order valence-corrected chi connectivity index (χ0v) is 14.0. The smallest absolute Gasteiger partial charge is 0.193 e. The SMILES string of the molecule is CC#CCCC[C@H](O[Si](C)(C)C(C)(C)C)C(C)=O. The molecule has 1 atom stereocenters. The summed E-state index contributed by atoms with van der Waals surface area (Å²) in [5, 5.41) is 0.143. The topological polar surface area (TPSA) is 26.3 Å². The summed E-state index contributed by atoms with van der Waals surface area (Å²) in [5.41, 5.74) is 0. The average Bonchev–Trinajstić information content (AvgIpc) is 2.20. The first kappa shape index (κ1) is 17.4. The van der Waals surface area contributed by atoms with E-state index in [-0.39, 0.29) is 16.9 Å². The third kappa shape index (κ3) is 5.84. The van der Waals surface area contributed by atoms with E-state index in [4.69, 9.17) is 4.43 Å². The lowest BCUT2D eigenvalue weighted by molar-refractivity contribution is -0.124. The fourth-order valence-corrected chi connectivity index (χ4v) is 2.73. The highest BCUT2D eigenvalue weighted by molar-refractivity contribution is 6.74. The molecule has 2 nitrogen and oxygen atoms in total. The Morgan fingerprint density at radius 1 is 1.33 bits per heavy atom. The van der Waals surface area contributed by atoms with Gasteiger partial charge in [-0.05, 0) is 44.8 Å². The fourth-order valence-electron chi connectivity index (χ4n) is 1.38. The second-order valence-electron chi connectivity index (χ2n) is 6.30. The molecule has 0 rings (SSSR count). The Labute approximate surface area is 114 Å². The molecule has 0 aromatic heterocycles. The first-order chi connectivity index (χ1) is 8.12. The molecule has 104 valence electrons. The maximum Gasteiger partial charge on any atom is 0.193 e. The van der Waals surface area contributed by atoms with Gasteiger partial charge in [0.05, 0.1) is 0 Å². The molecule has 0 aliphatic heterocycles.